The van der Waals surface area contributed by atoms with Crippen molar-refractivity contribution in [3.8, 4) is 45.6 Å². The molecule has 0 atom stereocenters. The highest BCUT2D eigenvalue weighted by molar-refractivity contribution is 7.99. The van der Waals surface area contributed by atoms with Crippen molar-refractivity contribution >= 4 is 61.6 Å². The summed E-state index contributed by atoms with van der Waals surface area (Å²) < 4.78 is 0.744. The van der Waals surface area contributed by atoms with Gasteiger partial charge in [-0.1, -0.05) is 90.6 Å². The first-order valence-corrected chi connectivity index (χ1v) is 17.5. The molecule has 5 aromatic carbocycles. The van der Waals surface area contributed by atoms with E-state index >= 15 is 0 Å². The van der Waals surface area contributed by atoms with Gasteiger partial charge in [0.2, 0.25) is 0 Å². The van der Waals surface area contributed by atoms with Gasteiger partial charge in [-0.25, -0.2) is 29.9 Å². The maximum absolute atomic E-state index is 5.20. The number of quaternary nitrogens is 1. The third-order valence-corrected chi connectivity index (χ3v) is 10.3. The molecule has 2 aliphatic rings. The Hall–Kier alpha value is -6.23. The van der Waals surface area contributed by atoms with E-state index in [4.69, 9.17) is 29.9 Å². The number of aromatic amines is 2. The maximum Gasteiger partial charge on any atom is 0.164 e. The van der Waals surface area contributed by atoms with Gasteiger partial charge in [0.05, 0.1) is 21.1 Å². The van der Waals surface area contributed by atoms with Crippen molar-refractivity contribution in [2.75, 3.05) is 21.1 Å². The van der Waals surface area contributed by atoms with Crippen LogP contribution in [0.1, 0.15) is 0 Å². The Morgan fingerprint density at radius 1 is 0.412 bits per heavy atom. The Bertz CT molecular complexity index is 2900. The number of aromatic nitrogens is 8. The first kappa shape index (κ1) is 29.7. The number of fused-ring (bicyclic) bond motifs is 20. The van der Waals surface area contributed by atoms with Crippen LogP contribution in [-0.2, 0) is 0 Å². The molecule has 0 fully saturated rings. The van der Waals surface area contributed by atoms with Crippen LogP contribution in [0.15, 0.2) is 125 Å². The summed E-state index contributed by atoms with van der Waals surface area (Å²) in [4.78, 5) is 39.9. The Kier molecular flexibility index (Phi) is 6.48. The summed E-state index contributed by atoms with van der Waals surface area (Å²) in [5.74, 6) is 2.34. The van der Waals surface area contributed by atoms with Gasteiger partial charge in [0.15, 0.2) is 23.3 Å². The predicted octanol–water partition coefficient (Wildman–Crippen LogP) is 9.22. The molecule has 0 saturated heterocycles. The molecule has 8 bridgehead atoms. The van der Waals surface area contributed by atoms with Gasteiger partial charge in [-0.15, -0.1) is 0 Å². The summed E-state index contributed by atoms with van der Waals surface area (Å²) in [6.07, 6.45) is 0. The van der Waals surface area contributed by atoms with Crippen LogP contribution in [0, 0.1) is 0 Å². The van der Waals surface area contributed by atoms with Crippen LogP contribution in [0.2, 0.25) is 0 Å². The molecule has 0 unspecified atom stereocenters. The topological polar surface area (TPSA) is 109 Å². The molecule has 51 heavy (non-hydrogen) atoms. The number of nitrogens with one attached hydrogen (secondary N) is 2. The second-order valence-electron chi connectivity index (χ2n) is 13.6. The van der Waals surface area contributed by atoms with Gasteiger partial charge in [-0.05, 0) is 30.3 Å². The summed E-state index contributed by atoms with van der Waals surface area (Å²) in [5.41, 5.74) is 7.60. The molecule has 0 amide bonds. The third kappa shape index (κ3) is 4.99. The number of hydrogen-bond acceptors (Lipinski definition) is 7. The van der Waals surface area contributed by atoms with Crippen molar-refractivity contribution in [3.05, 3.63) is 115 Å². The predicted molar refractivity (Wildman–Crippen MR) is 206 cm³/mol. The standard InChI is InChI=1S/C41H30N9S/c1-50(2,3)23-11-10-12-24(21-23)51-25-19-20-32-33(22-25)41-48-39-31-18-9-8-17-30(31)37(46-39)44-35-27-14-5-4-13-26(27)34(42-35)43-36-28-15-6-7-16-29(28)38(45-36)47-40(32)49-41/h4-22H,1-3H3,(H2,42,43,44,45,46,47,48,49)/q+1. The lowest BCUT2D eigenvalue weighted by Crippen LogP contribution is -2.34. The van der Waals surface area contributed by atoms with Gasteiger partial charge in [0, 0.05) is 59.7 Å². The summed E-state index contributed by atoms with van der Waals surface area (Å²) in [6.45, 7) is 0. The minimum atomic E-state index is 0.580. The van der Waals surface area contributed by atoms with E-state index < -0.39 is 0 Å². The van der Waals surface area contributed by atoms with Crippen LogP contribution in [0.4, 0.5) is 5.69 Å². The Morgan fingerprint density at radius 2 is 0.843 bits per heavy atom. The van der Waals surface area contributed by atoms with Gasteiger partial charge in [0.25, 0.3) is 0 Å². The van der Waals surface area contributed by atoms with E-state index in [1.807, 2.05) is 48.5 Å². The van der Waals surface area contributed by atoms with Gasteiger partial charge in [-0.3, -0.25) is 4.48 Å². The highest BCUT2D eigenvalue weighted by Crippen LogP contribution is 2.40. The number of rotatable bonds is 3. The van der Waals surface area contributed by atoms with Crippen LogP contribution >= 0.6 is 11.8 Å². The zero-order valence-corrected chi connectivity index (χ0v) is 28.8. The zero-order chi connectivity index (χ0) is 34.3. The molecule has 5 heterocycles. The molecule has 8 aromatic rings. The third-order valence-electron chi connectivity index (χ3n) is 9.35. The smallest absolute Gasteiger partial charge is 0.164 e. The average Bonchev–Trinajstić information content (AvgIpc) is 3.87. The molecule has 0 aliphatic carbocycles. The van der Waals surface area contributed by atoms with Gasteiger partial charge in [-0.2, -0.15) is 0 Å². The van der Waals surface area contributed by atoms with Crippen LogP contribution < -0.4 is 4.48 Å². The molecule has 0 radical (unpaired) electrons. The van der Waals surface area contributed by atoms with E-state index in [0.717, 1.165) is 53.2 Å². The second-order valence-corrected chi connectivity index (χ2v) is 14.7. The fourth-order valence-electron chi connectivity index (χ4n) is 6.78. The monoisotopic (exact) mass is 680 g/mol. The van der Waals surface area contributed by atoms with E-state index in [9.17, 15) is 0 Å². The van der Waals surface area contributed by atoms with Crippen molar-refractivity contribution in [2.24, 2.45) is 0 Å². The van der Waals surface area contributed by atoms with Crippen molar-refractivity contribution in [1.29, 1.82) is 0 Å². The van der Waals surface area contributed by atoms with Crippen LogP contribution in [0.25, 0.3) is 89.7 Å². The van der Waals surface area contributed by atoms with E-state index in [1.54, 1.807) is 11.8 Å². The summed E-state index contributed by atoms with van der Waals surface area (Å²) in [5, 5.41) is 3.78. The molecular formula is C41H30N9S+. The average molecular weight is 681 g/mol. The quantitative estimate of drug-likeness (QED) is 0.179. The second kappa shape index (κ2) is 11.1. The lowest BCUT2D eigenvalue weighted by atomic mass is 10.1. The summed E-state index contributed by atoms with van der Waals surface area (Å²) in [6, 6.07) is 39.4. The molecule has 0 spiro atoms. The number of H-pyrrole nitrogens is 2. The molecule has 2 aliphatic heterocycles. The normalized spacial score (nSPS) is 12.3. The summed E-state index contributed by atoms with van der Waals surface area (Å²) >= 11 is 1.72. The minimum absolute atomic E-state index is 0.580. The van der Waals surface area contributed by atoms with Gasteiger partial charge < -0.3 is 9.97 Å². The number of benzene rings is 5. The van der Waals surface area contributed by atoms with Crippen LogP contribution in [0.5, 0.6) is 0 Å². The highest BCUT2D eigenvalue weighted by atomic mass is 32.2. The fraction of sp³-hybridized carbons (Fsp3) is 0.0732. The SMILES string of the molecule is C[N+](C)(C)c1cccc(Sc2ccc3c(c2)-c2nc-3nc3[nH]c(nc4nc(nc5[nH]c(n2)c2ccccc52)-c2ccccc2-4)c2ccccc32)c1. The van der Waals surface area contributed by atoms with E-state index in [-0.39, 0.29) is 0 Å². The van der Waals surface area contributed by atoms with Crippen LogP contribution in [-0.4, -0.2) is 61.0 Å². The van der Waals surface area contributed by atoms with Crippen molar-refractivity contribution in [2.45, 2.75) is 9.79 Å². The van der Waals surface area contributed by atoms with Crippen molar-refractivity contribution < 1.29 is 0 Å². The molecule has 2 N–H and O–H groups in total. The number of hydrogen-bond donors (Lipinski definition) is 2. The van der Waals surface area contributed by atoms with E-state index in [1.165, 1.54) is 10.6 Å². The largest absolute Gasteiger partial charge is 0.324 e. The first-order chi connectivity index (χ1) is 24.9. The molecule has 9 nitrogen and oxygen atoms in total. The Balaban J connectivity index is 1.26. The molecule has 3 aromatic heterocycles. The van der Waals surface area contributed by atoms with Crippen molar-refractivity contribution in [3.63, 3.8) is 0 Å². The van der Waals surface area contributed by atoms with Crippen molar-refractivity contribution in [1.82, 2.24) is 44.4 Å². The Labute approximate surface area is 296 Å². The lowest BCUT2D eigenvalue weighted by molar-refractivity contribution is 0.485. The maximum atomic E-state index is 5.20. The molecule has 10 heteroatoms. The molecular weight excluding hydrogens is 651 g/mol. The van der Waals surface area contributed by atoms with Gasteiger partial charge >= 0.3 is 0 Å². The molecule has 10 rings (SSSR count). The molecule has 0 saturated carbocycles. The minimum Gasteiger partial charge on any atom is -0.324 e. The number of nitrogens with zero attached hydrogens (tertiary/aromatic N) is 7. The van der Waals surface area contributed by atoms with E-state index in [0.29, 0.717) is 45.9 Å². The summed E-state index contributed by atoms with van der Waals surface area (Å²) in [7, 11) is 6.54. The first-order valence-electron chi connectivity index (χ1n) is 16.7. The zero-order valence-electron chi connectivity index (χ0n) is 28.0. The Morgan fingerprint density at radius 3 is 1.33 bits per heavy atom. The van der Waals surface area contributed by atoms with Gasteiger partial charge in [0.1, 0.15) is 28.3 Å². The fourth-order valence-corrected chi connectivity index (χ4v) is 7.70. The van der Waals surface area contributed by atoms with Crippen LogP contribution in [0.3, 0.4) is 0 Å². The highest BCUT2D eigenvalue weighted by Gasteiger charge is 2.23. The van der Waals surface area contributed by atoms with E-state index in [2.05, 4.69) is 97.8 Å². The molecule has 244 valence electrons. The lowest BCUT2D eigenvalue weighted by Gasteiger charge is -2.23.